The summed E-state index contributed by atoms with van der Waals surface area (Å²) < 4.78 is 24.5. The highest BCUT2D eigenvalue weighted by molar-refractivity contribution is 5.63. The molecule has 6 aromatic rings. The van der Waals surface area contributed by atoms with E-state index in [0.29, 0.717) is 12.2 Å². The second-order valence-corrected chi connectivity index (χ2v) is 9.58. The van der Waals surface area contributed by atoms with E-state index in [4.69, 9.17) is 14.6 Å². The van der Waals surface area contributed by atoms with Gasteiger partial charge >= 0.3 is 0 Å². The minimum Gasteiger partial charge on any atom is -0.457 e. The van der Waals surface area contributed by atoms with Gasteiger partial charge in [0.25, 0.3) is 0 Å². The van der Waals surface area contributed by atoms with E-state index in [0.717, 1.165) is 45.9 Å². The zero-order valence-corrected chi connectivity index (χ0v) is 24.3. The molecule has 0 fully saturated rings. The molecule has 6 rings (SSSR count). The van der Waals surface area contributed by atoms with Gasteiger partial charge in [-0.25, -0.2) is 9.97 Å². The normalized spacial score (nSPS) is 10.2. The third-order valence-electron chi connectivity index (χ3n) is 6.15. The van der Waals surface area contributed by atoms with Gasteiger partial charge in [0, 0.05) is 53.8 Å². The van der Waals surface area contributed by atoms with E-state index in [1.54, 1.807) is 12.3 Å². The van der Waals surface area contributed by atoms with E-state index in [1.165, 1.54) is 12.3 Å². The molecule has 45 heavy (non-hydrogen) atoms. The molecule has 9 heteroatoms. The highest BCUT2D eigenvalue weighted by atomic mass is 19.1. The number of aliphatic hydroxyl groups is 1. The molecule has 0 spiro atoms. The number of aliphatic hydroxyl groups excluding tert-OH is 1. The van der Waals surface area contributed by atoms with Gasteiger partial charge < -0.3 is 30.5 Å². The number of anilines is 5. The number of rotatable bonds is 11. The zero-order chi connectivity index (χ0) is 31.1. The number of nitrogens with zero attached hydrogens (tertiary/aromatic N) is 2. The van der Waals surface area contributed by atoms with Crippen LogP contribution < -0.4 is 25.4 Å². The number of aromatic nitrogens is 2. The second-order valence-electron chi connectivity index (χ2n) is 9.58. The second kappa shape index (κ2) is 16.1. The molecule has 0 aliphatic rings. The maximum absolute atomic E-state index is 13.0. The molecule has 0 aliphatic heterocycles. The van der Waals surface area contributed by atoms with Gasteiger partial charge in [0.2, 0.25) is 5.95 Å². The number of hydrogen-bond donors (Lipinski definition) is 4. The first kappa shape index (κ1) is 30.5. The monoisotopic (exact) mass is 601 g/mol. The molecule has 0 radical (unpaired) electrons. The third kappa shape index (κ3) is 10.1. The molecule has 0 amide bonds. The number of hydrogen-bond acceptors (Lipinski definition) is 8. The van der Waals surface area contributed by atoms with Crippen LogP contribution in [-0.4, -0.2) is 28.2 Å². The molecule has 4 N–H and O–H groups in total. The first-order valence-electron chi connectivity index (χ1n) is 14.3. The van der Waals surface area contributed by atoms with E-state index < -0.39 is 5.95 Å². The van der Waals surface area contributed by atoms with E-state index in [2.05, 4.69) is 25.9 Å². The van der Waals surface area contributed by atoms with Crippen molar-refractivity contribution in [3.8, 4) is 23.0 Å². The molecule has 0 bridgehead atoms. The Morgan fingerprint density at radius 1 is 0.533 bits per heavy atom. The molecule has 0 unspecified atom stereocenters. The van der Waals surface area contributed by atoms with Crippen LogP contribution in [0.5, 0.6) is 23.0 Å². The summed E-state index contributed by atoms with van der Waals surface area (Å²) >= 11 is 0. The molecule has 2 aromatic heterocycles. The number of pyridine rings is 2. The summed E-state index contributed by atoms with van der Waals surface area (Å²) in [6.07, 6.45) is 3.14. The molecular weight excluding hydrogens is 569 g/mol. The first-order valence-corrected chi connectivity index (χ1v) is 14.3. The summed E-state index contributed by atoms with van der Waals surface area (Å²) in [7, 11) is 0. The molecule has 226 valence electrons. The van der Waals surface area contributed by atoms with Gasteiger partial charge in [-0.05, 0) is 84.9 Å². The lowest BCUT2D eigenvalue weighted by Gasteiger charge is -2.10. The Labute approximate surface area is 261 Å². The number of benzene rings is 4. The van der Waals surface area contributed by atoms with Crippen molar-refractivity contribution in [3.63, 3.8) is 0 Å². The largest absolute Gasteiger partial charge is 0.457 e. The Hall–Kier alpha value is -5.93. The molecule has 0 saturated heterocycles. The smallest absolute Gasteiger partial charge is 0.214 e. The van der Waals surface area contributed by atoms with E-state index in [9.17, 15) is 4.39 Å². The van der Waals surface area contributed by atoms with Crippen molar-refractivity contribution >= 4 is 28.6 Å². The van der Waals surface area contributed by atoms with Crippen molar-refractivity contribution in [2.75, 3.05) is 29.1 Å². The summed E-state index contributed by atoms with van der Waals surface area (Å²) in [5.74, 6) is 3.34. The third-order valence-corrected chi connectivity index (χ3v) is 6.15. The summed E-state index contributed by atoms with van der Waals surface area (Å²) in [5.41, 5.74) is 3.37. The van der Waals surface area contributed by atoms with Crippen molar-refractivity contribution in [1.82, 2.24) is 9.97 Å². The number of halogens is 1. The quantitative estimate of drug-likeness (QED) is 0.109. The van der Waals surface area contributed by atoms with Crippen LogP contribution in [0.25, 0.3) is 0 Å². The molecule has 4 aromatic carbocycles. The predicted molar refractivity (Wildman–Crippen MR) is 176 cm³/mol. The molecule has 8 nitrogen and oxygen atoms in total. The van der Waals surface area contributed by atoms with Gasteiger partial charge in [-0.15, -0.1) is 0 Å². The number of nitrogens with one attached hydrogen (secondary N) is 3. The van der Waals surface area contributed by atoms with Crippen molar-refractivity contribution in [2.45, 2.75) is 0 Å². The fourth-order valence-electron chi connectivity index (χ4n) is 4.06. The lowest BCUT2D eigenvalue weighted by atomic mass is 10.2. The van der Waals surface area contributed by atoms with Crippen LogP contribution in [0.1, 0.15) is 0 Å². The van der Waals surface area contributed by atoms with E-state index >= 15 is 0 Å². The minimum absolute atomic E-state index is 0.0716. The molecule has 0 saturated carbocycles. The van der Waals surface area contributed by atoms with E-state index in [1.807, 2.05) is 121 Å². The minimum atomic E-state index is -0.510. The number of para-hydroxylation sites is 2. The molecule has 0 aliphatic carbocycles. The van der Waals surface area contributed by atoms with Crippen LogP contribution in [0.15, 0.2) is 146 Å². The maximum atomic E-state index is 13.0. The maximum Gasteiger partial charge on any atom is 0.214 e. The predicted octanol–water partition coefficient (Wildman–Crippen LogP) is 8.78. The van der Waals surface area contributed by atoms with Gasteiger partial charge in [-0.3, -0.25) is 0 Å². The van der Waals surface area contributed by atoms with Crippen molar-refractivity contribution in [1.29, 1.82) is 0 Å². The van der Waals surface area contributed by atoms with Gasteiger partial charge in [0.1, 0.15) is 28.8 Å². The Bertz CT molecular complexity index is 1740. The van der Waals surface area contributed by atoms with Crippen molar-refractivity contribution in [3.05, 3.63) is 152 Å². The van der Waals surface area contributed by atoms with Crippen LogP contribution in [0, 0.1) is 5.95 Å². The fourth-order valence-corrected chi connectivity index (χ4v) is 4.06. The van der Waals surface area contributed by atoms with Gasteiger partial charge in [0.05, 0.1) is 6.61 Å². The van der Waals surface area contributed by atoms with Crippen LogP contribution in [0.4, 0.5) is 33.0 Å². The molecule has 0 atom stereocenters. The number of ether oxygens (including phenoxy) is 2. The van der Waals surface area contributed by atoms with Crippen molar-refractivity contribution < 1.29 is 19.0 Å². The average molecular weight is 602 g/mol. The Morgan fingerprint density at radius 3 is 1.49 bits per heavy atom. The molecule has 2 heterocycles. The highest BCUT2D eigenvalue weighted by Crippen LogP contribution is 2.26. The summed E-state index contributed by atoms with van der Waals surface area (Å²) in [6, 6.07) is 41.3. The lowest BCUT2D eigenvalue weighted by molar-refractivity contribution is 0.311. The Balaban J connectivity index is 0.000000179. The lowest BCUT2D eigenvalue weighted by Crippen LogP contribution is -2.06. The van der Waals surface area contributed by atoms with Crippen LogP contribution in [0.3, 0.4) is 0 Å². The summed E-state index contributed by atoms with van der Waals surface area (Å²) in [4.78, 5) is 7.71. The van der Waals surface area contributed by atoms with Gasteiger partial charge in [-0.1, -0.05) is 36.4 Å². The van der Waals surface area contributed by atoms with Crippen LogP contribution >= 0.6 is 0 Å². The zero-order valence-electron chi connectivity index (χ0n) is 24.3. The topological polar surface area (TPSA) is 101 Å². The van der Waals surface area contributed by atoms with Crippen LogP contribution in [-0.2, 0) is 0 Å². The average Bonchev–Trinajstić information content (AvgIpc) is 3.07. The highest BCUT2D eigenvalue weighted by Gasteiger charge is 2.02. The SMILES string of the molecule is Fc1cc(Nc2ccc(Oc3ccccc3)cc2)ccn1.OCCNc1cc(Nc2ccc(Oc3ccccc3)cc2)ccn1. The Morgan fingerprint density at radius 2 is 1.00 bits per heavy atom. The summed E-state index contributed by atoms with van der Waals surface area (Å²) in [6.45, 7) is 0.546. The van der Waals surface area contributed by atoms with Gasteiger partial charge in [-0.2, -0.15) is 4.39 Å². The van der Waals surface area contributed by atoms with Crippen molar-refractivity contribution in [2.24, 2.45) is 0 Å². The van der Waals surface area contributed by atoms with Crippen LogP contribution in [0.2, 0.25) is 0 Å². The fraction of sp³-hybridized carbons (Fsp3) is 0.0556. The standard InChI is InChI=1S/C19H19N3O2.C17H13FN2O/c23-13-12-21-19-14-16(10-11-20-19)22-15-6-8-18(9-7-15)24-17-4-2-1-3-5-17;18-17-12-14(10-11-19-17)20-13-6-8-16(9-7-13)21-15-4-2-1-3-5-15/h1-11,14,23H,12-13H2,(H2,20,21,22);1-12H,(H,19,20). The summed E-state index contributed by atoms with van der Waals surface area (Å²) in [5, 5.41) is 18.3. The Kier molecular flexibility index (Phi) is 10.9. The van der Waals surface area contributed by atoms with E-state index in [-0.39, 0.29) is 6.61 Å². The van der Waals surface area contributed by atoms with Gasteiger partial charge in [0.15, 0.2) is 0 Å². The molecular formula is C36H32FN5O3. The first-order chi connectivity index (χ1) is 22.1.